The molecular weight excluding hydrogens is 489 g/mol. The lowest BCUT2D eigenvalue weighted by Gasteiger charge is -2.40. The summed E-state index contributed by atoms with van der Waals surface area (Å²) in [4.78, 5) is 0. The predicted octanol–water partition coefficient (Wildman–Crippen LogP) is 8.75. The fourth-order valence-corrected chi connectivity index (χ4v) is 11.3. The van der Waals surface area contributed by atoms with Crippen LogP contribution in [0.1, 0.15) is 102 Å². The first kappa shape index (κ1) is 27.0. The molecule has 5 rings (SSSR count). The smallest absolute Gasteiger partial charge is 0.0979 e. The zero-order chi connectivity index (χ0) is 25.8. The minimum atomic E-state index is -1.19. The van der Waals surface area contributed by atoms with Gasteiger partial charge in [0.2, 0.25) is 0 Å². The third-order valence-electron chi connectivity index (χ3n) is 8.38. The summed E-state index contributed by atoms with van der Waals surface area (Å²) in [5.74, 6) is 0. The van der Waals surface area contributed by atoms with Gasteiger partial charge in [0, 0.05) is 0 Å². The predicted molar refractivity (Wildman–Crippen MR) is 164 cm³/mol. The molecule has 3 aromatic rings. The molecule has 0 aliphatic heterocycles. The van der Waals surface area contributed by atoms with Crippen LogP contribution in [0.4, 0.5) is 0 Å². The van der Waals surface area contributed by atoms with Crippen LogP contribution in [0.15, 0.2) is 66.7 Å². The van der Waals surface area contributed by atoms with Gasteiger partial charge in [0.05, 0.1) is 21.8 Å². The van der Waals surface area contributed by atoms with E-state index in [1.54, 1.807) is 5.30 Å². The molecule has 3 aromatic carbocycles. The van der Waals surface area contributed by atoms with Crippen LogP contribution in [0.25, 0.3) is 10.8 Å². The fourth-order valence-electron chi connectivity index (χ4n) is 6.46. The van der Waals surface area contributed by atoms with Crippen molar-refractivity contribution in [1.82, 2.24) is 4.72 Å². The molecule has 0 saturated heterocycles. The summed E-state index contributed by atoms with van der Waals surface area (Å²) < 4.78 is 17.0. The van der Waals surface area contributed by atoms with Crippen molar-refractivity contribution in [2.75, 3.05) is 0 Å². The lowest BCUT2D eigenvalue weighted by Crippen LogP contribution is -2.38. The van der Waals surface area contributed by atoms with Gasteiger partial charge in [0.25, 0.3) is 0 Å². The maximum absolute atomic E-state index is 13.6. The van der Waals surface area contributed by atoms with Gasteiger partial charge in [0.1, 0.15) is 0 Å². The highest BCUT2D eigenvalue weighted by molar-refractivity contribution is 7.84. The van der Waals surface area contributed by atoms with E-state index in [0.29, 0.717) is 0 Å². The average Bonchev–Trinajstić information content (AvgIpc) is 2.93. The molecule has 2 aliphatic carbocycles. The van der Waals surface area contributed by atoms with Crippen molar-refractivity contribution < 1.29 is 4.21 Å². The number of benzene rings is 3. The highest BCUT2D eigenvalue weighted by atomic mass is 32.2. The topological polar surface area (TPSA) is 29.1 Å². The van der Waals surface area contributed by atoms with Crippen LogP contribution in [0.2, 0.25) is 0 Å². The van der Waals surface area contributed by atoms with Crippen LogP contribution >= 0.6 is 7.92 Å². The molecule has 2 aliphatic rings. The Morgan fingerprint density at radius 1 is 0.730 bits per heavy atom. The van der Waals surface area contributed by atoms with E-state index in [9.17, 15) is 4.21 Å². The van der Waals surface area contributed by atoms with Crippen LogP contribution in [-0.4, -0.2) is 20.3 Å². The van der Waals surface area contributed by atoms with Gasteiger partial charge >= 0.3 is 0 Å². The lowest BCUT2D eigenvalue weighted by molar-refractivity contribution is 0.487. The number of fused-ring (bicyclic) bond motifs is 1. The van der Waals surface area contributed by atoms with Crippen molar-refractivity contribution in [3.05, 3.63) is 77.9 Å². The quantitative estimate of drug-likeness (QED) is 0.302. The summed E-state index contributed by atoms with van der Waals surface area (Å²) in [6, 6.07) is 24.4. The SMILES string of the molecule is CC(C)(C)[S@@](=O)N[C@H](c1ccccc1P(C1CCCCC1)C1CCCCC1)c1cccc2ccccc12. The second kappa shape index (κ2) is 12.1. The van der Waals surface area contributed by atoms with E-state index in [4.69, 9.17) is 0 Å². The summed E-state index contributed by atoms with van der Waals surface area (Å²) in [5.41, 5.74) is 4.26. The van der Waals surface area contributed by atoms with Crippen LogP contribution in [0.3, 0.4) is 0 Å². The van der Waals surface area contributed by atoms with Crippen LogP contribution in [-0.2, 0) is 11.0 Å². The molecule has 1 N–H and O–H groups in total. The molecule has 0 aromatic heterocycles. The zero-order valence-electron chi connectivity index (χ0n) is 22.9. The van der Waals surface area contributed by atoms with Crippen molar-refractivity contribution in [2.45, 2.75) is 107 Å². The van der Waals surface area contributed by atoms with Gasteiger partial charge in [-0.1, -0.05) is 113 Å². The van der Waals surface area contributed by atoms with E-state index in [1.165, 1.54) is 86.1 Å². The summed E-state index contributed by atoms with van der Waals surface area (Å²) in [5, 5.41) is 4.07. The van der Waals surface area contributed by atoms with Gasteiger partial charge in [-0.15, -0.1) is 0 Å². The van der Waals surface area contributed by atoms with E-state index in [-0.39, 0.29) is 18.7 Å². The Labute approximate surface area is 228 Å². The Morgan fingerprint density at radius 3 is 1.92 bits per heavy atom. The van der Waals surface area contributed by atoms with Gasteiger partial charge in [-0.05, 0) is 85.0 Å². The first-order chi connectivity index (χ1) is 17.9. The van der Waals surface area contributed by atoms with Crippen molar-refractivity contribution in [2.24, 2.45) is 0 Å². The number of hydrogen-bond donors (Lipinski definition) is 1. The maximum Gasteiger partial charge on any atom is 0.0979 e. The second-order valence-corrected chi connectivity index (χ2v) is 16.8. The van der Waals surface area contributed by atoms with Crippen LogP contribution < -0.4 is 10.0 Å². The minimum Gasteiger partial charge on any atom is -0.242 e. The number of hydrogen-bond acceptors (Lipinski definition) is 1. The molecule has 2 atom stereocenters. The standard InChI is InChI=1S/C33H44NOPS/c1-33(2,3)37(35)34-32(29-23-14-16-25-15-10-11-21-28(25)29)30-22-12-13-24-31(30)36(26-17-6-4-7-18-26)27-19-8-5-9-20-27/h10-16,21-24,26-27,32,34H,4-9,17-20H2,1-3H3/t32-,37+/m0/s1. The van der Waals surface area contributed by atoms with Crippen LogP contribution in [0, 0.1) is 0 Å². The minimum absolute atomic E-state index is 0.0976. The van der Waals surface area contributed by atoms with Crippen LogP contribution in [0.5, 0.6) is 0 Å². The second-order valence-electron chi connectivity index (χ2n) is 12.1. The molecule has 0 heterocycles. The van der Waals surface area contributed by atoms with Crippen molar-refractivity contribution in [3.8, 4) is 0 Å². The normalized spacial score (nSPS) is 19.8. The Morgan fingerprint density at radius 2 is 1.27 bits per heavy atom. The maximum atomic E-state index is 13.6. The molecule has 198 valence electrons. The Bertz CT molecular complexity index is 1180. The first-order valence-electron chi connectivity index (χ1n) is 14.5. The van der Waals surface area contributed by atoms with Crippen molar-refractivity contribution in [1.29, 1.82) is 0 Å². The molecule has 2 nitrogen and oxygen atoms in total. The van der Waals surface area contributed by atoms with Crippen molar-refractivity contribution in [3.63, 3.8) is 0 Å². The molecule has 0 radical (unpaired) electrons. The van der Waals surface area contributed by atoms with E-state index in [1.807, 2.05) is 0 Å². The van der Waals surface area contributed by atoms with Crippen molar-refractivity contribution >= 4 is 35.0 Å². The third kappa shape index (κ3) is 6.21. The summed E-state index contributed by atoms with van der Waals surface area (Å²) in [7, 11) is -1.46. The Balaban J connectivity index is 1.65. The molecule has 37 heavy (non-hydrogen) atoms. The van der Waals surface area contributed by atoms with E-state index >= 15 is 0 Å². The van der Waals surface area contributed by atoms with E-state index in [2.05, 4.69) is 92.2 Å². The largest absolute Gasteiger partial charge is 0.242 e. The first-order valence-corrected chi connectivity index (χ1v) is 17.1. The van der Waals surface area contributed by atoms with Gasteiger partial charge in [-0.25, -0.2) is 8.93 Å². The van der Waals surface area contributed by atoms with Gasteiger partial charge in [0.15, 0.2) is 0 Å². The number of nitrogens with one attached hydrogen (secondary N) is 1. The summed E-state index contributed by atoms with van der Waals surface area (Å²) in [6.45, 7) is 6.21. The summed E-state index contributed by atoms with van der Waals surface area (Å²) in [6.07, 6.45) is 13.9. The van der Waals surface area contributed by atoms with Gasteiger partial charge < -0.3 is 0 Å². The molecule has 0 bridgehead atoms. The number of rotatable bonds is 7. The monoisotopic (exact) mass is 533 g/mol. The molecule has 0 spiro atoms. The lowest BCUT2D eigenvalue weighted by atomic mass is 9.94. The molecule has 0 unspecified atom stereocenters. The third-order valence-corrected chi connectivity index (χ3v) is 13.5. The molecular formula is C33H44NOPS. The van der Waals surface area contributed by atoms with Gasteiger partial charge in [-0.2, -0.15) is 0 Å². The zero-order valence-corrected chi connectivity index (χ0v) is 24.6. The highest BCUT2D eigenvalue weighted by Crippen LogP contribution is 2.56. The fraction of sp³-hybridized carbons (Fsp3) is 0.515. The molecule has 4 heteroatoms. The average molecular weight is 534 g/mol. The highest BCUT2D eigenvalue weighted by Gasteiger charge is 2.35. The van der Waals surface area contributed by atoms with E-state index < -0.39 is 11.0 Å². The Hall–Kier alpha value is -1.54. The Kier molecular flexibility index (Phi) is 8.85. The van der Waals surface area contributed by atoms with E-state index in [0.717, 1.165) is 11.3 Å². The molecule has 2 fully saturated rings. The molecule has 0 amide bonds. The molecule has 2 saturated carbocycles. The van der Waals surface area contributed by atoms with Gasteiger partial charge in [-0.3, -0.25) is 0 Å². The summed E-state index contributed by atoms with van der Waals surface area (Å²) >= 11 is 0.